The van der Waals surface area contributed by atoms with Crippen LogP contribution in [0.15, 0.2) is 18.2 Å². The van der Waals surface area contributed by atoms with Crippen LogP contribution in [0.25, 0.3) is 0 Å². The van der Waals surface area contributed by atoms with Gasteiger partial charge in [0.1, 0.15) is 11.5 Å². The Kier molecular flexibility index (Phi) is 5.84. The molecule has 0 saturated heterocycles. The second kappa shape index (κ2) is 7.17. The van der Waals surface area contributed by atoms with Gasteiger partial charge in [-0.25, -0.2) is 0 Å². The van der Waals surface area contributed by atoms with Crippen LogP contribution in [0.2, 0.25) is 0 Å². The number of hydrogen-bond acceptors (Lipinski definition) is 3. The lowest BCUT2D eigenvalue weighted by atomic mass is 10.1. The molecule has 0 unspecified atom stereocenters. The van der Waals surface area contributed by atoms with Gasteiger partial charge in [-0.2, -0.15) is 0 Å². The van der Waals surface area contributed by atoms with Gasteiger partial charge in [0.2, 0.25) is 0 Å². The van der Waals surface area contributed by atoms with E-state index in [1.54, 1.807) is 14.2 Å². The third-order valence-corrected chi connectivity index (χ3v) is 2.64. The lowest BCUT2D eigenvalue weighted by Gasteiger charge is -2.10. The molecule has 0 aliphatic carbocycles. The lowest BCUT2D eigenvalue weighted by molar-refractivity contribution is 0.393. The highest BCUT2D eigenvalue weighted by Gasteiger charge is 2.01. The number of methoxy groups -OCH3 is 2. The molecule has 1 rings (SSSR count). The van der Waals surface area contributed by atoms with E-state index in [0.717, 1.165) is 30.5 Å². The molecule has 0 bridgehead atoms. The van der Waals surface area contributed by atoms with Crippen LogP contribution in [0.1, 0.15) is 25.8 Å². The molecule has 3 nitrogen and oxygen atoms in total. The van der Waals surface area contributed by atoms with E-state index in [-0.39, 0.29) is 0 Å². The van der Waals surface area contributed by atoms with Crippen molar-refractivity contribution in [2.24, 2.45) is 5.92 Å². The Bertz CT molecular complexity index is 315. The largest absolute Gasteiger partial charge is 0.497 e. The van der Waals surface area contributed by atoms with E-state index >= 15 is 0 Å². The van der Waals surface area contributed by atoms with Crippen LogP contribution in [-0.2, 0) is 6.54 Å². The zero-order chi connectivity index (χ0) is 12.7. The molecule has 1 N–H and O–H groups in total. The number of ether oxygens (including phenoxy) is 2. The molecule has 0 aliphatic heterocycles. The van der Waals surface area contributed by atoms with Gasteiger partial charge in [0, 0.05) is 12.6 Å². The highest BCUT2D eigenvalue weighted by atomic mass is 16.5. The SMILES string of the molecule is COc1cc(CNCCC(C)C)cc(OC)c1. The Morgan fingerprint density at radius 1 is 1.06 bits per heavy atom. The van der Waals surface area contributed by atoms with Crippen LogP contribution in [0.5, 0.6) is 11.5 Å². The number of benzene rings is 1. The van der Waals surface area contributed by atoms with Crippen LogP contribution in [0.3, 0.4) is 0 Å². The second-order valence-corrected chi connectivity index (χ2v) is 4.58. The van der Waals surface area contributed by atoms with E-state index < -0.39 is 0 Å². The van der Waals surface area contributed by atoms with Gasteiger partial charge in [-0.3, -0.25) is 0 Å². The molecule has 0 heterocycles. The summed E-state index contributed by atoms with van der Waals surface area (Å²) in [4.78, 5) is 0. The topological polar surface area (TPSA) is 30.5 Å². The van der Waals surface area contributed by atoms with Gasteiger partial charge in [0.25, 0.3) is 0 Å². The van der Waals surface area contributed by atoms with Gasteiger partial charge in [-0.1, -0.05) is 13.8 Å². The molecule has 0 atom stereocenters. The average molecular weight is 237 g/mol. The van der Waals surface area contributed by atoms with Gasteiger partial charge < -0.3 is 14.8 Å². The molecule has 1 aromatic carbocycles. The molecule has 0 radical (unpaired) electrons. The van der Waals surface area contributed by atoms with Crippen molar-refractivity contribution in [1.29, 1.82) is 0 Å². The summed E-state index contributed by atoms with van der Waals surface area (Å²) in [7, 11) is 3.34. The third-order valence-electron chi connectivity index (χ3n) is 2.64. The van der Waals surface area contributed by atoms with Crippen molar-refractivity contribution in [2.75, 3.05) is 20.8 Å². The van der Waals surface area contributed by atoms with E-state index in [1.807, 2.05) is 18.2 Å². The molecular formula is C14H23NO2. The Morgan fingerprint density at radius 3 is 2.12 bits per heavy atom. The first-order valence-corrected chi connectivity index (χ1v) is 6.08. The monoisotopic (exact) mass is 237 g/mol. The summed E-state index contributed by atoms with van der Waals surface area (Å²) < 4.78 is 10.5. The number of hydrogen-bond donors (Lipinski definition) is 1. The summed E-state index contributed by atoms with van der Waals surface area (Å²) in [6.07, 6.45) is 1.20. The predicted octanol–water partition coefficient (Wildman–Crippen LogP) is 2.84. The maximum atomic E-state index is 5.23. The fraction of sp³-hybridized carbons (Fsp3) is 0.571. The van der Waals surface area contributed by atoms with Crippen molar-refractivity contribution in [2.45, 2.75) is 26.8 Å². The number of nitrogens with one attached hydrogen (secondary N) is 1. The van der Waals surface area contributed by atoms with Gasteiger partial charge in [0.05, 0.1) is 14.2 Å². The zero-order valence-electron chi connectivity index (χ0n) is 11.2. The summed E-state index contributed by atoms with van der Waals surface area (Å²) in [6, 6.07) is 5.95. The lowest BCUT2D eigenvalue weighted by Crippen LogP contribution is -2.16. The van der Waals surface area contributed by atoms with Crippen molar-refractivity contribution in [3.8, 4) is 11.5 Å². The Morgan fingerprint density at radius 2 is 1.65 bits per heavy atom. The van der Waals surface area contributed by atoms with Crippen molar-refractivity contribution in [1.82, 2.24) is 5.32 Å². The summed E-state index contributed by atoms with van der Waals surface area (Å²) in [5, 5.41) is 3.42. The fourth-order valence-electron chi connectivity index (χ4n) is 1.59. The van der Waals surface area contributed by atoms with Crippen LogP contribution in [-0.4, -0.2) is 20.8 Å². The molecule has 0 aromatic heterocycles. The van der Waals surface area contributed by atoms with Gasteiger partial charge in [-0.05, 0) is 36.6 Å². The minimum Gasteiger partial charge on any atom is -0.497 e. The molecule has 3 heteroatoms. The van der Waals surface area contributed by atoms with E-state index in [4.69, 9.17) is 9.47 Å². The summed E-state index contributed by atoms with van der Waals surface area (Å²) in [5.41, 5.74) is 1.19. The highest BCUT2D eigenvalue weighted by molar-refractivity contribution is 5.38. The first-order chi connectivity index (χ1) is 8.15. The van der Waals surface area contributed by atoms with Crippen molar-refractivity contribution in [3.63, 3.8) is 0 Å². The molecule has 0 fully saturated rings. The smallest absolute Gasteiger partial charge is 0.122 e. The quantitative estimate of drug-likeness (QED) is 0.740. The van der Waals surface area contributed by atoms with E-state index in [1.165, 1.54) is 12.0 Å². The maximum Gasteiger partial charge on any atom is 0.122 e. The van der Waals surface area contributed by atoms with Crippen LogP contribution in [0.4, 0.5) is 0 Å². The van der Waals surface area contributed by atoms with Crippen LogP contribution in [0, 0.1) is 5.92 Å². The summed E-state index contributed by atoms with van der Waals surface area (Å²) in [6.45, 7) is 6.35. The zero-order valence-corrected chi connectivity index (χ0v) is 11.2. The molecular weight excluding hydrogens is 214 g/mol. The second-order valence-electron chi connectivity index (χ2n) is 4.58. The Balaban J connectivity index is 2.51. The molecule has 1 aromatic rings. The van der Waals surface area contributed by atoms with Gasteiger partial charge in [0.15, 0.2) is 0 Å². The van der Waals surface area contributed by atoms with Crippen LogP contribution < -0.4 is 14.8 Å². The van der Waals surface area contributed by atoms with Gasteiger partial charge in [-0.15, -0.1) is 0 Å². The molecule has 0 aliphatic rings. The normalized spacial score (nSPS) is 10.6. The van der Waals surface area contributed by atoms with E-state index in [0.29, 0.717) is 0 Å². The van der Waals surface area contributed by atoms with Crippen molar-refractivity contribution < 1.29 is 9.47 Å². The van der Waals surface area contributed by atoms with E-state index in [2.05, 4.69) is 19.2 Å². The van der Waals surface area contributed by atoms with E-state index in [9.17, 15) is 0 Å². The molecule has 0 spiro atoms. The molecule has 17 heavy (non-hydrogen) atoms. The Labute approximate surface area is 104 Å². The van der Waals surface area contributed by atoms with Crippen molar-refractivity contribution in [3.05, 3.63) is 23.8 Å². The number of rotatable bonds is 7. The fourth-order valence-corrected chi connectivity index (χ4v) is 1.59. The molecule has 0 saturated carbocycles. The average Bonchev–Trinajstić information content (AvgIpc) is 2.34. The summed E-state index contributed by atoms with van der Waals surface area (Å²) in [5.74, 6) is 2.41. The predicted molar refractivity (Wildman–Crippen MR) is 70.7 cm³/mol. The molecule has 96 valence electrons. The first kappa shape index (κ1) is 13.8. The minimum atomic E-state index is 0.738. The third kappa shape index (κ3) is 5.09. The minimum absolute atomic E-state index is 0.738. The molecule has 0 amide bonds. The van der Waals surface area contributed by atoms with Crippen LogP contribution >= 0.6 is 0 Å². The maximum absolute atomic E-state index is 5.23. The summed E-state index contributed by atoms with van der Waals surface area (Å²) >= 11 is 0. The highest BCUT2D eigenvalue weighted by Crippen LogP contribution is 2.22. The Hall–Kier alpha value is -1.22. The first-order valence-electron chi connectivity index (χ1n) is 6.08. The van der Waals surface area contributed by atoms with Crippen molar-refractivity contribution >= 4 is 0 Å². The standard InChI is InChI=1S/C14H23NO2/c1-11(2)5-6-15-10-12-7-13(16-3)9-14(8-12)17-4/h7-9,11,15H,5-6,10H2,1-4H3. The van der Waals surface area contributed by atoms with Gasteiger partial charge >= 0.3 is 0 Å².